The van der Waals surface area contributed by atoms with Crippen molar-refractivity contribution in [1.82, 2.24) is 15.5 Å². The summed E-state index contributed by atoms with van der Waals surface area (Å²) in [5, 5.41) is 6.34. The first-order valence-electron chi connectivity index (χ1n) is 7.39. The first-order chi connectivity index (χ1) is 9.66. The van der Waals surface area contributed by atoms with E-state index in [4.69, 9.17) is 0 Å². The minimum absolute atomic E-state index is 0. The Hall–Kier alpha value is -0.810. The van der Waals surface area contributed by atoms with Crippen molar-refractivity contribution in [3.8, 4) is 0 Å². The average molecular weight is 348 g/mol. The van der Waals surface area contributed by atoms with E-state index in [1.54, 1.807) is 0 Å². The maximum atomic E-state index is 12.1. The summed E-state index contributed by atoms with van der Waals surface area (Å²) >= 11 is 0. The smallest absolute Gasteiger partial charge is 0.237 e. The lowest BCUT2D eigenvalue weighted by Crippen LogP contribution is -2.46. The number of carbonyl (C=O) groups excluding carboxylic acids is 1. The lowest BCUT2D eigenvalue weighted by Gasteiger charge is -2.23. The number of carbonyl (C=O) groups is 1. The van der Waals surface area contributed by atoms with Crippen molar-refractivity contribution in [2.24, 2.45) is 0 Å². The molecule has 6 heteroatoms. The van der Waals surface area contributed by atoms with Gasteiger partial charge in [0.15, 0.2) is 0 Å². The van der Waals surface area contributed by atoms with Crippen LogP contribution in [0.25, 0.3) is 0 Å². The number of hydrogen-bond donors (Lipinski definition) is 2. The van der Waals surface area contributed by atoms with Gasteiger partial charge in [-0.1, -0.05) is 30.7 Å². The van der Waals surface area contributed by atoms with Gasteiger partial charge >= 0.3 is 0 Å². The van der Waals surface area contributed by atoms with Crippen LogP contribution in [0, 0.1) is 0 Å². The fraction of sp³-hybridized carbons (Fsp3) is 0.562. The molecule has 1 aliphatic rings. The normalized spacial score (nSPS) is 17.3. The average Bonchev–Trinajstić information content (AvgIpc) is 2.46. The molecule has 2 N–H and O–H groups in total. The summed E-state index contributed by atoms with van der Waals surface area (Å²) in [5.41, 5.74) is 2.47. The number of amides is 1. The van der Waals surface area contributed by atoms with Gasteiger partial charge in [-0.2, -0.15) is 0 Å². The standard InChI is InChI=1S/C16H25N3O.2ClH/c1-19(2)12-14-8-4-3-7-13(14)11-18-16(20)15-9-5-6-10-17-15;;/h3-4,7-8,15,17H,5-6,9-12H2,1-2H3,(H,18,20);2*1H. The van der Waals surface area contributed by atoms with Crippen LogP contribution in [0.1, 0.15) is 30.4 Å². The highest BCUT2D eigenvalue weighted by Crippen LogP contribution is 2.11. The van der Waals surface area contributed by atoms with E-state index in [1.165, 1.54) is 17.5 Å². The van der Waals surface area contributed by atoms with Crippen molar-refractivity contribution in [3.63, 3.8) is 0 Å². The van der Waals surface area contributed by atoms with Crippen LogP contribution in [-0.2, 0) is 17.9 Å². The van der Waals surface area contributed by atoms with Crippen LogP contribution in [0.5, 0.6) is 0 Å². The van der Waals surface area contributed by atoms with Crippen LogP contribution in [0.4, 0.5) is 0 Å². The number of halogens is 2. The number of nitrogens with one attached hydrogen (secondary N) is 2. The molecule has 1 heterocycles. The van der Waals surface area contributed by atoms with Gasteiger partial charge in [0.05, 0.1) is 6.04 Å². The van der Waals surface area contributed by atoms with Gasteiger partial charge in [-0.3, -0.25) is 4.79 Å². The predicted molar refractivity (Wildman–Crippen MR) is 95.8 cm³/mol. The molecule has 1 aromatic rings. The third kappa shape index (κ3) is 6.53. The molecule has 2 rings (SSSR count). The lowest BCUT2D eigenvalue weighted by atomic mass is 10.0. The van der Waals surface area contributed by atoms with Gasteiger partial charge in [-0.05, 0) is 44.6 Å². The van der Waals surface area contributed by atoms with Crippen molar-refractivity contribution in [3.05, 3.63) is 35.4 Å². The molecule has 1 saturated heterocycles. The zero-order valence-electron chi connectivity index (χ0n) is 13.3. The second-order valence-electron chi connectivity index (χ2n) is 5.73. The van der Waals surface area contributed by atoms with Gasteiger partial charge in [0, 0.05) is 13.1 Å². The summed E-state index contributed by atoms with van der Waals surface area (Å²) in [4.78, 5) is 14.3. The van der Waals surface area contributed by atoms with Crippen LogP contribution < -0.4 is 10.6 Å². The number of nitrogens with zero attached hydrogens (tertiary/aromatic N) is 1. The molecule has 126 valence electrons. The molecule has 0 aliphatic carbocycles. The highest BCUT2D eigenvalue weighted by Gasteiger charge is 2.20. The number of hydrogen-bond acceptors (Lipinski definition) is 3. The minimum atomic E-state index is -0.00948. The fourth-order valence-electron chi connectivity index (χ4n) is 2.61. The van der Waals surface area contributed by atoms with E-state index in [9.17, 15) is 4.79 Å². The van der Waals surface area contributed by atoms with E-state index in [2.05, 4.69) is 41.8 Å². The summed E-state index contributed by atoms with van der Waals surface area (Å²) in [7, 11) is 4.11. The lowest BCUT2D eigenvalue weighted by molar-refractivity contribution is -0.123. The van der Waals surface area contributed by atoms with E-state index in [0.717, 1.165) is 25.9 Å². The van der Waals surface area contributed by atoms with Gasteiger partial charge in [-0.15, -0.1) is 24.8 Å². The molecule has 1 fully saturated rings. The van der Waals surface area contributed by atoms with Crippen molar-refractivity contribution < 1.29 is 4.79 Å². The Morgan fingerprint density at radius 1 is 1.23 bits per heavy atom. The minimum Gasteiger partial charge on any atom is -0.351 e. The Morgan fingerprint density at radius 2 is 1.91 bits per heavy atom. The molecule has 22 heavy (non-hydrogen) atoms. The maximum Gasteiger partial charge on any atom is 0.237 e. The van der Waals surface area contributed by atoms with E-state index in [1.807, 2.05) is 12.1 Å². The van der Waals surface area contributed by atoms with Crippen LogP contribution >= 0.6 is 24.8 Å². The molecule has 1 amide bonds. The third-order valence-corrected chi connectivity index (χ3v) is 3.68. The molecule has 0 bridgehead atoms. The molecule has 0 spiro atoms. The molecule has 0 saturated carbocycles. The number of rotatable bonds is 5. The first-order valence-corrected chi connectivity index (χ1v) is 7.39. The molecule has 0 radical (unpaired) electrons. The van der Waals surface area contributed by atoms with Crippen LogP contribution in [0.3, 0.4) is 0 Å². The van der Waals surface area contributed by atoms with Crippen molar-refractivity contribution in [2.75, 3.05) is 20.6 Å². The quantitative estimate of drug-likeness (QED) is 0.859. The largest absolute Gasteiger partial charge is 0.351 e. The summed E-state index contributed by atoms with van der Waals surface area (Å²) in [6, 6.07) is 8.28. The fourth-order valence-corrected chi connectivity index (χ4v) is 2.61. The predicted octanol–water partition coefficient (Wildman–Crippen LogP) is 2.35. The third-order valence-electron chi connectivity index (χ3n) is 3.68. The highest BCUT2D eigenvalue weighted by atomic mass is 35.5. The number of benzene rings is 1. The van der Waals surface area contributed by atoms with Crippen LogP contribution in [0.2, 0.25) is 0 Å². The Bertz CT molecular complexity index is 449. The Kier molecular flexibility index (Phi) is 10.4. The van der Waals surface area contributed by atoms with Gasteiger partial charge in [0.2, 0.25) is 5.91 Å². The van der Waals surface area contributed by atoms with Gasteiger partial charge in [0.25, 0.3) is 0 Å². The first kappa shape index (κ1) is 21.2. The van der Waals surface area contributed by atoms with Gasteiger partial charge in [0.1, 0.15) is 0 Å². The molecule has 1 aromatic carbocycles. The van der Waals surface area contributed by atoms with E-state index >= 15 is 0 Å². The Balaban J connectivity index is 0.00000220. The van der Waals surface area contributed by atoms with Gasteiger partial charge in [-0.25, -0.2) is 0 Å². The monoisotopic (exact) mass is 347 g/mol. The SMILES string of the molecule is CN(C)Cc1ccccc1CNC(=O)C1CCCCN1.Cl.Cl. The van der Waals surface area contributed by atoms with Crippen molar-refractivity contribution >= 4 is 30.7 Å². The zero-order valence-corrected chi connectivity index (χ0v) is 14.9. The van der Waals surface area contributed by atoms with Crippen LogP contribution in [0.15, 0.2) is 24.3 Å². The second-order valence-corrected chi connectivity index (χ2v) is 5.73. The Morgan fingerprint density at radius 3 is 2.50 bits per heavy atom. The second kappa shape index (κ2) is 10.8. The molecule has 0 aromatic heterocycles. The summed E-state index contributed by atoms with van der Waals surface area (Å²) in [5.74, 6) is 0.129. The Labute approximate surface area is 145 Å². The zero-order chi connectivity index (χ0) is 14.4. The van der Waals surface area contributed by atoms with E-state index in [-0.39, 0.29) is 36.8 Å². The van der Waals surface area contributed by atoms with E-state index in [0.29, 0.717) is 6.54 Å². The summed E-state index contributed by atoms with van der Waals surface area (Å²) in [6.45, 7) is 2.46. The molecule has 1 aliphatic heterocycles. The molecular formula is C16H27Cl2N3O. The molecule has 1 atom stereocenters. The van der Waals surface area contributed by atoms with Crippen LogP contribution in [-0.4, -0.2) is 37.5 Å². The van der Waals surface area contributed by atoms with Gasteiger partial charge < -0.3 is 15.5 Å². The molecule has 1 unspecified atom stereocenters. The maximum absolute atomic E-state index is 12.1. The summed E-state index contributed by atoms with van der Waals surface area (Å²) in [6.07, 6.45) is 3.27. The highest BCUT2D eigenvalue weighted by molar-refractivity contribution is 5.85. The van der Waals surface area contributed by atoms with Crippen molar-refractivity contribution in [2.45, 2.75) is 38.4 Å². The molecular weight excluding hydrogens is 321 g/mol. The summed E-state index contributed by atoms with van der Waals surface area (Å²) < 4.78 is 0. The molecule has 4 nitrogen and oxygen atoms in total. The number of piperidine rings is 1. The van der Waals surface area contributed by atoms with E-state index < -0.39 is 0 Å². The topological polar surface area (TPSA) is 44.4 Å². The van der Waals surface area contributed by atoms with Crippen molar-refractivity contribution in [1.29, 1.82) is 0 Å².